The lowest BCUT2D eigenvalue weighted by Gasteiger charge is -2.01. The summed E-state index contributed by atoms with van der Waals surface area (Å²) in [5, 5.41) is 8.50. The molecule has 0 aliphatic heterocycles. The number of aryl methyl sites for hydroxylation is 2. The highest BCUT2D eigenvalue weighted by atomic mass is 15.4. The van der Waals surface area contributed by atoms with Crippen LogP contribution in [0.3, 0.4) is 0 Å². The van der Waals surface area contributed by atoms with Gasteiger partial charge in [-0.3, -0.25) is 4.68 Å². The van der Waals surface area contributed by atoms with E-state index in [0.29, 0.717) is 0 Å². The number of rotatable bonds is 13. The van der Waals surface area contributed by atoms with Crippen LogP contribution in [0, 0.1) is 0 Å². The molecule has 0 aliphatic rings. The Kier molecular flexibility index (Phi) is 10.3. The summed E-state index contributed by atoms with van der Waals surface area (Å²) < 4.78 is 2.03. The van der Waals surface area contributed by atoms with E-state index in [0.717, 1.165) is 13.0 Å². The third-order valence-electron chi connectivity index (χ3n) is 3.86. The van der Waals surface area contributed by atoms with Gasteiger partial charge in [0.15, 0.2) is 0 Å². The summed E-state index contributed by atoms with van der Waals surface area (Å²) in [5.41, 5.74) is 1.17. The molecule has 1 heterocycles. The predicted molar refractivity (Wildman–Crippen MR) is 85.9 cm³/mol. The molecule has 1 aromatic rings. The van der Waals surface area contributed by atoms with Crippen molar-refractivity contribution < 1.29 is 0 Å². The maximum atomic E-state index is 4.27. The van der Waals surface area contributed by atoms with Gasteiger partial charge >= 0.3 is 0 Å². The summed E-state index contributed by atoms with van der Waals surface area (Å²) in [4.78, 5) is 0. The number of hydrogen-bond donors (Lipinski definition) is 0. The standard InChI is InChI=1S/C17H33N3/c1-3-5-7-9-10-11-13-15-20-16-17(18-19-20)14-12-8-6-4-2/h16H,3-15H2,1-2H3. The highest BCUT2D eigenvalue weighted by Gasteiger charge is 2.00. The van der Waals surface area contributed by atoms with Crippen LogP contribution in [0.1, 0.15) is 90.2 Å². The monoisotopic (exact) mass is 279 g/mol. The van der Waals surface area contributed by atoms with Gasteiger partial charge in [0.2, 0.25) is 0 Å². The van der Waals surface area contributed by atoms with Crippen molar-refractivity contribution in [1.82, 2.24) is 15.0 Å². The summed E-state index contributed by atoms with van der Waals surface area (Å²) in [7, 11) is 0. The summed E-state index contributed by atoms with van der Waals surface area (Å²) in [6.07, 6.45) is 17.9. The smallest absolute Gasteiger partial charge is 0.0827 e. The van der Waals surface area contributed by atoms with Gasteiger partial charge in [-0.25, -0.2) is 0 Å². The SMILES string of the molecule is CCCCCCCCCn1cc(CCCCCC)nn1. The molecule has 20 heavy (non-hydrogen) atoms. The minimum Gasteiger partial charge on any atom is -0.252 e. The summed E-state index contributed by atoms with van der Waals surface area (Å²) in [6, 6.07) is 0. The van der Waals surface area contributed by atoms with Crippen LogP contribution in [0.15, 0.2) is 6.20 Å². The van der Waals surface area contributed by atoms with Gasteiger partial charge in [-0.05, 0) is 19.3 Å². The highest BCUT2D eigenvalue weighted by molar-refractivity contribution is 4.92. The molecular formula is C17H33N3. The number of nitrogens with zero attached hydrogens (tertiary/aromatic N) is 3. The Balaban J connectivity index is 2.02. The van der Waals surface area contributed by atoms with Crippen molar-refractivity contribution in [3.8, 4) is 0 Å². The van der Waals surface area contributed by atoms with E-state index in [2.05, 4.69) is 30.4 Å². The molecule has 0 saturated heterocycles. The molecule has 0 N–H and O–H groups in total. The Bertz CT molecular complexity index is 320. The lowest BCUT2D eigenvalue weighted by Crippen LogP contribution is -1.98. The first-order valence-corrected chi connectivity index (χ1v) is 8.75. The first-order chi connectivity index (χ1) is 9.86. The second-order valence-corrected chi connectivity index (χ2v) is 5.90. The Morgan fingerprint density at radius 1 is 0.800 bits per heavy atom. The maximum absolute atomic E-state index is 4.27. The minimum atomic E-state index is 1.04. The second-order valence-electron chi connectivity index (χ2n) is 5.90. The first kappa shape index (κ1) is 17.2. The molecule has 0 unspecified atom stereocenters. The summed E-state index contributed by atoms with van der Waals surface area (Å²) in [5.74, 6) is 0. The third kappa shape index (κ3) is 8.34. The van der Waals surface area contributed by atoms with Crippen molar-refractivity contribution in [3.63, 3.8) is 0 Å². The zero-order chi connectivity index (χ0) is 14.5. The molecule has 0 bridgehead atoms. The van der Waals surface area contributed by atoms with Gasteiger partial charge in [-0.15, -0.1) is 5.10 Å². The quantitative estimate of drug-likeness (QED) is 0.467. The molecule has 1 rings (SSSR count). The van der Waals surface area contributed by atoms with E-state index in [9.17, 15) is 0 Å². The molecule has 116 valence electrons. The highest BCUT2D eigenvalue weighted by Crippen LogP contribution is 2.08. The molecule has 0 saturated carbocycles. The molecular weight excluding hydrogens is 246 g/mol. The van der Waals surface area contributed by atoms with Crippen molar-refractivity contribution in [2.75, 3.05) is 0 Å². The molecule has 0 atom stereocenters. The normalized spacial score (nSPS) is 11.1. The van der Waals surface area contributed by atoms with Gasteiger partial charge in [-0.1, -0.05) is 76.8 Å². The fourth-order valence-electron chi connectivity index (χ4n) is 2.53. The first-order valence-electron chi connectivity index (χ1n) is 8.75. The van der Waals surface area contributed by atoms with E-state index in [4.69, 9.17) is 0 Å². The van der Waals surface area contributed by atoms with E-state index in [1.165, 1.54) is 76.3 Å². The van der Waals surface area contributed by atoms with Crippen LogP contribution in [0.5, 0.6) is 0 Å². The Labute approximate surface area is 125 Å². The van der Waals surface area contributed by atoms with Crippen LogP contribution >= 0.6 is 0 Å². The molecule has 0 amide bonds. The van der Waals surface area contributed by atoms with E-state index in [1.54, 1.807) is 0 Å². The molecule has 0 radical (unpaired) electrons. The number of aromatic nitrogens is 3. The van der Waals surface area contributed by atoms with Crippen LogP contribution < -0.4 is 0 Å². The average molecular weight is 279 g/mol. The van der Waals surface area contributed by atoms with Crippen LogP contribution in [0.4, 0.5) is 0 Å². The zero-order valence-electron chi connectivity index (χ0n) is 13.6. The largest absolute Gasteiger partial charge is 0.252 e. The van der Waals surface area contributed by atoms with Gasteiger partial charge in [0.1, 0.15) is 0 Å². The molecule has 0 spiro atoms. The molecule has 0 aromatic carbocycles. The third-order valence-corrected chi connectivity index (χ3v) is 3.86. The summed E-state index contributed by atoms with van der Waals surface area (Å²) in [6.45, 7) is 5.55. The Morgan fingerprint density at radius 2 is 1.40 bits per heavy atom. The van der Waals surface area contributed by atoms with Crippen molar-refractivity contribution in [1.29, 1.82) is 0 Å². The van der Waals surface area contributed by atoms with Crippen LogP contribution in [0.2, 0.25) is 0 Å². The molecule has 0 aliphatic carbocycles. The van der Waals surface area contributed by atoms with Gasteiger partial charge in [0.25, 0.3) is 0 Å². The fraction of sp³-hybridized carbons (Fsp3) is 0.882. The van der Waals surface area contributed by atoms with E-state index in [1.807, 2.05) is 4.68 Å². The van der Waals surface area contributed by atoms with Gasteiger partial charge < -0.3 is 0 Å². The lowest BCUT2D eigenvalue weighted by atomic mass is 10.1. The van der Waals surface area contributed by atoms with Crippen LogP contribution in [-0.4, -0.2) is 15.0 Å². The number of unbranched alkanes of at least 4 members (excludes halogenated alkanes) is 9. The topological polar surface area (TPSA) is 30.7 Å². The number of hydrogen-bond acceptors (Lipinski definition) is 2. The Hall–Kier alpha value is -0.860. The fourth-order valence-corrected chi connectivity index (χ4v) is 2.53. The van der Waals surface area contributed by atoms with Gasteiger partial charge in [0, 0.05) is 12.7 Å². The van der Waals surface area contributed by atoms with Gasteiger partial charge in [-0.2, -0.15) is 0 Å². The molecule has 3 nitrogen and oxygen atoms in total. The lowest BCUT2D eigenvalue weighted by molar-refractivity contribution is 0.513. The Morgan fingerprint density at radius 3 is 2.10 bits per heavy atom. The molecule has 1 aromatic heterocycles. The summed E-state index contributed by atoms with van der Waals surface area (Å²) >= 11 is 0. The van der Waals surface area contributed by atoms with Gasteiger partial charge in [0.05, 0.1) is 5.69 Å². The van der Waals surface area contributed by atoms with Crippen molar-refractivity contribution in [2.45, 2.75) is 97.4 Å². The van der Waals surface area contributed by atoms with E-state index < -0.39 is 0 Å². The van der Waals surface area contributed by atoms with Crippen molar-refractivity contribution in [2.24, 2.45) is 0 Å². The van der Waals surface area contributed by atoms with Crippen LogP contribution in [-0.2, 0) is 13.0 Å². The predicted octanol–water partition coefficient (Wildman–Crippen LogP) is 5.15. The van der Waals surface area contributed by atoms with E-state index >= 15 is 0 Å². The second kappa shape index (κ2) is 11.9. The van der Waals surface area contributed by atoms with Crippen molar-refractivity contribution in [3.05, 3.63) is 11.9 Å². The van der Waals surface area contributed by atoms with Crippen LogP contribution in [0.25, 0.3) is 0 Å². The van der Waals surface area contributed by atoms with E-state index in [-0.39, 0.29) is 0 Å². The maximum Gasteiger partial charge on any atom is 0.0827 e. The molecule has 0 fully saturated rings. The minimum absolute atomic E-state index is 1.04. The zero-order valence-corrected chi connectivity index (χ0v) is 13.6. The average Bonchev–Trinajstić information content (AvgIpc) is 2.90. The van der Waals surface area contributed by atoms with Crippen molar-refractivity contribution >= 4 is 0 Å². The molecule has 3 heteroatoms.